The molecular weight excluding hydrogens is 743 g/mol. The van der Waals surface area contributed by atoms with Gasteiger partial charge in [-0.25, -0.2) is 0 Å². The average Bonchev–Trinajstić information content (AvgIpc) is 3.19. The molecule has 1 amide bonds. The maximum atomic E-state index is 12.7. The normalized spacial score (nSPS) is 13.8. The third-order valence-corrected chi connectivity index (χ3v) is 12.6. The van der Waals surface area contributed by atoms with Crippen LogP contribution < -0.4 is 5.32 Å². The Morgan fingerprint density at radius 1 is 0.483 bits per heavy atom. The summed E-state index contributed by atoms with van der Waals surface area (Å²) in [6, 6.07) is -1.15. The molecule has 0 aromatic rings. The Hall–Kier alpha value is -1.22. The van der Waals surface area contributed by atoms with Gasteiger partial charge in [0.2, 0.25) is 5.91 Å². The molecule has 0 aliphatic heterocycles. The first-order chi connectivity index (χ1) is 28.2. The highest BCUT2D eigenvalue weighted by Gasteiger charge is 2.28. The van der Waals surface area contributed by atoms with Crippen LogP contribution in [-0.4, -0.2) is 53.1 Å². The van der Waals surface area contributed by atoms with E-state index in [1.165, 1.54) is 173 Å². The van der Waals surface area contributed by atoms with Crippen molar-refractivity contribution in [3.63, 3.8) is 0 Å². The maximum Gasteiger partial charge on any atom is 0.266 e. The van der Waals surface area contributed by atoms with Crippen LogP contribution in [0.4, 0.5) is 0 Å². The minimum Gasteiger partial charge on any atom is -0.391 e. The zero-order valence-corrected chi connectivity index (χ0v) is 39.1. The lowest BCUT2D eigenvalue weighted by Gasteiger charge is -2.24. The Morgan fingerprint density at radius 3 is 1.21 bits per heavy atom. The number of hydrogen-bond acceptors (Lipinski definition) is 5. The molecule has 0 saturated heterocycles. The fraction of sp³-hybridized carbons (Fsp3) is 0.900. The van der Waals surface area contributed by atoms with Crippen LogP contribution in [0.1, 0.15) is 264 Å². The lowest BCUT2D eigenvalue weighted by molar-refractivity contribution is -0.131. The first kappa shape index (κ1) is 56.8. The summed E-state index contributed by atoms with van der Waals surface area (Å²) >= 11 is 0. The number of allylic oxidation sites excluding steroid dienone is 4. The molecule has 0 bridgehead atoms. The van der Waals surface area contributed by atoms with Gasteiger partial charge in [0.1, 0.15) is 6.10 Å². The van der Waals surface area contributed by atoms with Crippen LogP contribution in [0.25, 0.3) is 0 Å². The molecule has 0 aromatic carbocycles. The van der Waals surface area contributed by atoms with Gasteiger partial charge in [-0.1, -0.05) is 250 Å². The predicted octanol–water partition coefficient (Wildman–Crippen LogP) is 14.4. The molecule has 0 fully saturated rings. The predicted molar refractivity (Wildman–Crippen MR) is 250 cm³/mol. The summed E-state index contributed by atoms with van der Waals surface area (Å²) in [5.41, 5.74) is 0. The SMILES string of the molecule is CC/C=C\C/C=C\CCCCCCCCCCCCCCCC(O)C(=O)NC(CS(=O)(=O)O)C(O)CCCCCCCCCCCCCCCCCCCCCCC. The fourth-order valence-electron chi connectivity index (χ4n) is 7.97. The van der Waals surface area contributed by atoms with Crippen molar-refractivity contribution in [2.75, 3.05) is 5.75 Å². The van der Waals surface area contributed by atoms with E-state index in [9.17, 15) is 28.0 Å². The summed E-state index contributed by atoms with van der Waals surface area (Å²) in [4.78, 5) is 12.7. The fourth-order valence-corrected chi connectivity index (χ4v) is 8.73. The highest BCUT2D eigenvalue weighted by molar-refractivity contribution is 7.85. The van der Waals surface area contributed by atoms with Gasteiger partial charge in [0.25, 0.3) is 10.1 Å². The standard InChI is InChI=1S/C50H97NO6S/c1-3-5-7-9-11-13-15-17-19-21-23-25-27-28-30-32-34-36-38-40-42-44-48(52)47(46-58(55,56)57)51-50(54)49(53)45-43-41-39-37-35-33-31-29-26-24-22-20-18-16-14-12-10-8-6-4-2/h6,8,12,14,47-49,52-53H,3-5,7,9-11,13,15-46H2,1-2H3,(H,51,54)(H,55,56,57)/b8-6-,14-12-. The Morgan fingerprint density at radius 2 is 0.828 bits per heavy atom. The zero-order chi connectivity index (χ0) is 42.6. The van der Waals surface area contributed by atoms with Gasteiger partial charge in [-0.05, 0) is 38.5 Å². The Balaban J connectivity index is 3.83. The molecule has 0 heterocycles. The number of carbonyl (C=O) groups is 1. The van der Waals surface area contributed by atoms with Gasteiger partial charge in [-0.2, -0.15) is 8.42 Å². The van der Waals surface area contributed by atoms with Crippen molar-refractivity contribution in [1.29, 1.82) is 0 Å². The molecule has 3 atom stereocenters. The minimum absolute atomic E-state index is 0.298. The molecule has 58 heavy (non-hydrogen) atoms. The molecular formula is C50H97NO6S. The number of rotatable bonds is 46. The summed E-state index contributed by atoms with van der Waals surface area (Å²) in [5, 5.41) is 23.7. The Kier molecular flexibility index (Phi) is 42.9. The molecule has 0 rings (SSSR count). The van der Waals surface area contributed by atoms with E-state index in [1.54, 1.807) is 0 Å². The highest BCUT2D eigenvalue weighted by atomic mass is 32.2. The van der Waals surface area contributed by atoms with Crippen molar-refractivity contribution in [2.24, 2.45) is 0 Å². The topological polar surface area (TPSA) is 124 Å². The minimum atomic E-state index is -4.41. The van der Waals surface area contributed by atoms with Crippen molar-refractivity contribution >= 4 is 16.0 Å². The first-order valence-corrected chi connectivity index (χ1v) is 26.7. The van der Waals surface area contributed by atoms with E-state index in [0.29, 0.717) is 19.3 Å². The van der Waals surface area contributed by atoms with E-state index in [2.05, 4.69) is 43.5 Å². The monoisotopic (exact) mass is 840 g/mol. The van der Waals surface area contributed by atoms with Crippen LogP contribution in [0.2, 0.25) is 0 Å². The Labute approximate surface area is 360 Å². The molecule has 344 valence electrons. The molecule has 0 radical (unpaired) electrons. The van der Waals surface area contributed by atoms with Gasteiger partial charge in [0.15, 0.2) is 0 Å². The largest absolute Gasteiger partial charge is 0.391 e. The van der Waals surface area contributed by atoms with E-state index in [-0.39, 0.29) is 0 Å². The van der Waals surface area contributed by atoms with Crippen LogP contribution in [-0.2, 0) is 14.9 Å². The second kappa shape index (κ2) is 43.9. The second-order valence-electron chi connectivity index (χ2n) is 17.6. The van der Waals surface area contributed by atoms with Gasteiger partial charge in [-0.3, -0.25) is 9.35 Å². The number of nitrogens with one attached hydrogen (secondary N) is 1. The van der Waals surface area contributed by atoms with Crippen molar-refractivity contribution < 1.29 is 28.0 Å². The van der Waals surface area contributed by atoms with E-state index >= 15 is 0 Å². The van der Waals surface area contributed by atoms with Gasteiger partial charge < -0.3 is 15.5 Å². The first-order valence-electron chi connectivity index (χ1n) is 25.1. The van der Waals surface area contributed by atoms with E-state index < -0.39 is 40.0 Å². The molecule has 3 unspecified atom stereocenters. The van der Waals surface area contributed by atoms with E-state index in [4.69, 9.17) is 0 Å². The molecule has 4 N–H and O–H groups in total. The number of aliphatic hydroxyl groups excluding tert-OH is 2. The van der Waals surface area contributed by atoms with Crippen LogP contribution in [0.15, 0.2) is 24.3 Å². The van der Waals surface area contributed by atoms with Crippen LogP contribution in [0.3, 0.4) is 0 Å². The molecule has 7 nitrogen and oxygen atoms in total. The van der Waals surface area contributed by atoms with Crippen molar-refractivity contribution in [3.05, 3.63) is 24.3 Å². The lowest BCUT2D eigenvalue weighted by Crippen LogP contribution is -2.50. The van der Waals surface area contributed by atoms with Gasteiger partial charge in [0.05, 0.1) is 17.9 Å². The van der Waals surface area contributed by atoms with E-state index in [1.807, 2.05) is 0 Å². The molecule has 0 aliphatic carbocycles. The molecule has 0 saturated carbocycles. The molecule has 0 spiro atoms. The van der Waals surface area contributed by atoms with Crippen molar-refractivity contribution in [1.82, 2.24) is 5.32 Å². The van der Waals surface area contributed by atoms with Crippen LogP contribution in [0.5, 0.6) is 0 Å². The summed E-state index contributed by atoms with van der Waals surface area (Å²) in [6.45, 7) is 4.44. The number of carbonyl (C=O) groups excluding carboxylic acids is 1. The third-order valence-electron chi connectivity index (χ3n) is 11.8. The number of hydrogen-bond donors (Lipinski definition) is 4. The lowest BCUT2D eigenvalue weighted by atomic mass is 10.0. The summed E-state index contributed by atoms with van der Waals surface area (Å²) < 4.78 is 32.8. The quantitative estimate of drug-likeness (QED) is 0.0275. The molecule has 8 heteroatoms. The number of aliphatic hydroxyl groups is 2. The van der Waals surface area contributed by atoms with Crippen LogP contribution >= 0.6 is 0 Å². The summed E-state index contributed by atoms with van der Waals surface area (Å²) in [5.74, 6) is -1.44. The van der Waals surface area contributed by atoms with Crippen molar-refractivity contribution in [2.45, 2.75) is 283 Å². The van der Waals surface area contributed by atoms with Crippen LogP contribution in [0, 0.1) is 0 Å². The summed E-state index contributed by atoms with van der Waals surface area (Å²) in [7, 11) is -4.41. The van der Waals surface area contributed by atoms with Crippen molar-refractivity contribution in [3.8, 4) is 0 Å². The van der Waals surface area contributed by atoms with Gasteiger partial charge in [-0.15, -0.1) is 0 Å². The third kappa shape index (κ3) is 42.9. The summed E-state index contributed by atoms with van der Waals surface area (Å²) in [6.07, 6.45) is 53.5. The van der Waals surface area contributed by atoms with E-state index in [0.717, 1.165) is 57.8 Å². The average molecular weight is 840 g/mol. The van der Waals surface area contributed by atoms with Gasteiger partial charge in [0, 0.05) is 0 Å². The zero-order valence-electron chi connectivity index (χ0n) is 38.3. The Bertz CT molecular complexity index is 1030. The number of unbranched alkanes of at least 4 members (excludes halogenated alkanes) is 33. The van der Waals surface area contributed by atoms with Gasteiger partial charge >= 0.3 is 0 Å². The smallest absolute Gasteiger partial charge is 0.266 e. The maximum absolute atomic E-state index is 12.7. The highest BCUT2D eigenvalue weighted by Crippen LogP contribution is 2.18. The second-order valence-corrected chi connectivity index (χ2v) is 19.1. The molecule has 0 aliphatic rings. The number of amides is 1. The molecule has 0 aromatic heterocycles.